The van der Waals surface area contributed by atoms with Gasteiger partial charge in [0.25, 0.3) is 0 Å². The molecule has 3 nitrogen and oxygen atoms in total. The van der Waals surface area contributed by atoms with Crippen molar-refractivity contribution in [1.82, 2.24) is 4.57 Å². The number of aromatic nitrogens is 1. The van der Waals surface area contributed by atoms with Gasteiger partial charge in [0.15, 0.2) is 0 Å². The monoisotopic (exact) mass is 271 g/mol. The number of aryl methyl sites for hydroxylation is 1. The van der Waals surface area contributed by atoms with Crippen LogP contribution in [0.4, 0.5) is 4.79 Å². The van der Waals surface area contributed by atoms with Gasteiger partial charge >= 0.3 is 6.09 Å². The number of allylic oxidation sites excluding steroid dienone is 1. The second-order valence-corrected chi connectivity index (χ2v) is 5.85. The van der Waals surface area contributed by atoms with Crippen LogP contribution in [0.15, 0.2) is 43.1 Å². The fourth-order valence-electron chi connectivity index (χ4n) is 2.17. The van der Waals surface area contributed by atoms with Crippen LogP contribution in [0.3, 0.4) is 0 Å². The molecular formula is C17H21NO2. The summed E-state index contributed by atoms with van der Waals surface area (Å²) in [5, 5.41) is 1.10. The zero-order valence-corrected chi connectivity index (χ0v) is 12.3. The first kappa shape index (κ1) is 14.4. The number of benzene rings is 1. The van der Waals surface area contributed by atoms with Gasteiger partial charge in [-0.05, 0) is 45.2 Å². The topological polar surface area (TPSA) is 31.2 Å². The quantitative estimate of drug-likeness (QED) is 0.767. The molecule has 0 aliphatic heterocycles. The van der Waals surface area contributed by atoms with E-state index in [9.17, 15) is 4.79 Å². The van der Waals surface area contributed by atoms with Crippen LogP contribution in [0.1, 0.15) is 32.8 Å². The summed E-state index contributed by atoms with van der Waals surface area (Å²) in [5.74, 6) is 0. The molecule has 0 fully saturated rings. The minimum atomic E-state index is -0.496. The van der Waals surface area contributed by atoms with Crippen molar-refractivity contribution in [3.63, 3.8) is 0 Å². The molecule has 1 aromatic carbocycles. The third-order valence-electron chi connectivity index (χ3n) is 3.00. The van der Waals surface area contributed by atoms with Crippen molar-refractivity contribution in [3.05, 3.63) is 48.7 Å². The maximum atomic E-state index is 12.3. The molecular weight excluding hydrogens is 250 g/mol. The van der Waals surface area contributed by atoms with Gasteiger partial charge in [0, 0.05) is 11.6 Å². The van der Waals surface area contributed by atoms with Crippen LogP contribution in [0, 0.1) is 0 Å². The molecule has 0 N–H and O–H groups in total. The summed E-state index contributed by atoms with van der Waals surface area (Å²) in [4.78, 5) is 12.3. The number of hydrogen-bond donors (Lipinski definition) is 0. The maximum Gasteiger partial charge on any atom is 0.419 e. The second kappa shape index (κ2) is 5.53. The van der Waals surface area contributed by atoms with E-state index in [0.29, 0.717) is 0 Å². The van der Waals surface area contributed by atoms with Crippen molar-refractivity contribution in [2.75, 3.05) is 0 Å². The van der Waals surface area contributed by atoms with Gasteiger partial charge in [-0.1, -0.05) is 24.3 Å². The molecule has 0 aliphatic carbocycles. The van der Waals surface area contributed by atoms with Crippen LogP contribution in [0.2, 0.25) is 0 Å². The van der Waals surface area contributed by atoms with Crippen LogP contribution in [0.5, 0.6) is 0 Å². The molecule has 0 unspecified atom stereocenters. The molecule has 0 radical (unpaired) electrons. The van der Waals surface area contributed by atoms with Crippen molar-refractivity contribution < 1.29 is 9.53 Å². The van der Waals surface area contributed by atoms with Crippen LogP contribution in [0.25, 0.3) is 10.9 Å². The van der Waals surface area contributed by atoms with E-state index in [2.05, 4.69) is 6.58 Å². The molecule has 0 bridgehead atoms. The van der Waals surface area contributed by atoms with Crippen LogP contribution in [-0.4, -0.2) is 16.3 Å². The van der Waals surface area contributed by atoms with Crippen molar-refractivity contribution in [3.8, 4) is 0 Å². The van der Waals surface area contributed by atoms with Crippen molar-refractivity contribution >= 4 is 17.0 Å². The van der Waals surface area contributed by atoms with Crippen LogP contribution < -0.4 is 0 Å². The summed E-state index contributed by atoms with van der Waals surface area (Å²) in [6.07, 6.45) is 5.20. The zero-order valence-electron chi connectivity index (χ0n) is 12.3. The summed E-state index contributed by atoms with van der Waals surface area (Å²) >= 11 is 0. The van der Waals surface area contributed by atoms with Crippen LogP contribution >= 0.6 is 0 Å². The molecule has 1 aromatic heterocycles. The Morgan fingerprint density at radius 2 is 2.05 bits per heavy atom. The lowest BCUT2D eigenvalue weighted by Crippen LogP contribution is -2.26. The normalized spacial score (nSPS) is 11.6. The van der Waals surface area contributed by atoms with E-state index in [1.54, 1.807) is 4.57 Å². The highest BCUT2D eigenvalue weighted by Gasteiger charge is 2.20. The number of para-hydroxylation sites is 1. The highest BCUT2D eigenvalue weighted by molar-refractivity contribution is 5.92. The number of rotatable bonds is 3. The molecule has 0 atom stereocenters. The first-order chi connectivity index (χ1) is 9.42. The van der Waals surface area contributed by atoms with E-state index >= 15 is 0 Å². The third kappa shape index (κ3) is 3.10. The lowest BCUT2D eigenvalue weighted by Gasteiger charge is -2.19. The lowest BCUT2D eigenvalue weighted by atomic mass is 10.1. The highest BCUT2D eigenvalue weighted by atomic mass is 16.6. The summed E-state index contributed by atoms with van der Waals surface area (Å²) < 4.78 is 7.05. The van der Waals surface area contributed by atoms with Gasteiger partial charge in [-0.2, -0.15) is 0 Å². The molecule has 0 aliphatic rings. The van der Waals surface area contributed by atoms with E-state index < -0.39 is 5.60 Å². The molecule has 1 heterocycles. The molecule has 0 saturated carbocycles. The minimum absolute atomic E-state index is 0.335. The van der Waals surface area contributed by atoms with E-state index in [1.165, 1.54) is 0 Å². The second-order valence-electron chi connectivity index (χ2n) is 5.85. The summed E-state index contributed by atoms with van der Waals surface area (Å²) in [6.45, 7) is 9.36. The Morgan fingerprint density at radius 1 is 1.35 bits per heavy atom. The number of nitrogens with zero attached hydrogens (tertiary/aromatic N) is 1. The maximum absolute atomic E-state index is 12.3. The molecule has 0 amide bonds. The van der Waals surface area contributed by atoms with Gasteiger partial charge in [-0.15, -0.1) is 6.58 Å². The summed E-state index contributed by atoms with van der Waals surface area (Å²) in [7, 11) is 0. The van der Waals surface area contributed by atoms with Crippen LogP contribution in [-0.2, 0) is 11.2 Å². The van der Waals surface area contributed by atoms with E-state index in [1.807, 2.05) is 57.3 Å². The Balaban J connectivity index is 2.43. The molecule has 3 heteroatoms. The summed E-state index contributed by atoms with van der Waals surface area (Å²) in [6, 6.07) is 7.89. The summed E-state index contributed by atoms with van der Waals surface area (Å²) in [5.41, 5.74) is 1.54. The minimum Gasteiger partial charge on any atom is -0.443 e. The smallest absolute Gasteiger partial charge is 0.419 e. The van der Waals surface area contributed by atoms with Gasteiger partial charge in [-0.25, -0.2) is 4.79 Å². The molecule has 2 aromatic rings. The largest absolute Gasteiger partial charge is 0.443 e. The number of hydrogen-bond acceptors (Lipinski definition) is 2. The average molecular weight is 271 g/mol. The van der Waals surface area contributed by atoms with Gasteiger partial charge < -0.3 is 4.74 Å². The predicted molar refractivity (Wildman–Crippen MR) is 82.1 cm³/mol. The molecule has 106 valence electrons. The van der Waals surface area contributed by atoms with Gasteiger partial charge in [0.1, 0.15) is 5.60 Å². The van der Waals surface area contributed by atoms with E-state index in [-0.39, 0.29) is 6.09 Å². The fourth-order valence-corrected chi connectivity index (χ4v) is 2.17. The molecule has 20 heavy (non-hydrogen) atoms. The third-order valence-corrected chi connectivity index (χ3v) is 3.00. The Labute approximate surface area is 119 Å². The first-order valence-corrected chi connectivity index (χ1v) is 6.85. The van der Waals surface area contributed by atoms with Crippen molar-refractivity contribution in [1.29, 1.82) is 0 Å². The molecule has 0 saturated heterocycles. The van der Waals surface area contributed by atoms with Crippen molar-refractivity contribution in [2.45, 2.75) is 39.2 Å². The number of carbonyl (C=O) groups is 1. The fraction of sp³-hybridized carbons (Fsp3) is 0.353. The Bertz CT molecular complexity index is 632. The lowest BCUT2D eigenvalue weighted by molar-refractivity contribution is 0.0544. The molecule has 2 rings (SSSR count). The Kier molecular flexibility index (Phi) is 3.98. The van der Waals surface area contributed by atoms with E-state index in [0.717, 1.165) is 29.3 Å². The molecule has 0 spiro atoms. The Morgan fingerprint density at radius 3 is 2.70 bits per heavy atom. The zero-order chi connectivity index (χ0) is 14.8. The highest BCUT2D eigenvalue weighted by Crippen LogP contribution is 2.23. The number of ether oxygens (including phenoxy) is 1. The van der Waals surface area contributed by atoms with Crippen molar-refractivity contribution in [2.24, 2.45) is 0 Å². The van der Waals surface area contributed by atoms with Gasteiger partial charge in [0.05, 0.1) is 5.52 Å². The number of carbonyl (C=O) groups excluding carboxylic acids is 1. The average Bonchev–Trinajstić information content (AvgIpc) is 2.73. The Hall–Kier alpha value is -2.03. The van der Waals surface area contributed by atoms with Gasteiger partial charge in [0.2, 0.25) is 0 Å². The number of fused-ring (bicyclic) bond motifs is 1. The SMILES string of the molecule is C=CCCc1cn(C(=O)OC(C)(C)C)c2ccccc12. The first-order valence-electron chi connectivity index (χ1n) is 6.85. The van der Waals surface area contributed by atoms with E-state index in [4.69, 9.17) is 4.74 Å². The standard InChI is InChI=1S/C17H21NO2/c1-5-6-9-13-12-18(16(19)20-17(2,3)4)15-11-8-7-10-14(13)15/h5,7-8,10-12H,1,6,9H2,2-4H3. The van der Waals surface area contributed by atoms with Gasteiger partial charge in [-0.3, -0.25) is 4.57 Å². The predicted octanol–water partition coefficient (Wildman–Crippen LogP) is 4.54.